The van der Waals surface area contributed by atoms with Crippen LogP contribution in [0.2, 0.25) is 0 Å². The van der Waals surface area contributed by atoms with Gasteiger partial charge in [0.05, 0.1) is 5.69 Å². The molecule has 0 aliphatic rings. The molecule has 1 aromatic carbocycles. The van der Waals surface area contributed by atoms with Gasteiger partial charge >= 0.3 is 0 Å². The zero-order valence-electron chi connectivity index (χ0n) is 11.4. The lowest BCUT2D eigenvalue weighted by atomic mass is 10.2. The zero-order chi connectivity index (χ0) is 13.5. The third-order valence-corrected chi connectivity index (χ3v) is 3.00. The maximum absolute atomic E-state index is 4.18. The SMILES string of the molecule is CCN(CC)c1ccc(NNc2ccccn2)cc1. The van der Waals surface area contributed by atoms with Gasteiger partial charge in [0, 0.05) is 25.0 Å². The first kappa shape index (κ1) is 13.2. The number of aromatic nitrogens is 1. The molecule has 1 heterocycles. The smallest absolute Gasteiger partial charge is 0.144 e. The molecule has 1 aromatic heterocycles. The molecule has 0 atom stereocenters. The molecule has 2 N–H and O–H groups in total. The number of hydrogen-bond donors (Lipinski definition) is 2. The summed E-state index contributed by atoms with van der Waals surface area (Å²) in [7, 11) is 0. The van der Waals surface area contributed by atoms with E-state index in [0.29, 0.717) is 0 Å². The van der Waals surface area contributed by atoms with Gasteiger partial charge < -0.3 is 4.90 Å². The number of nitrogens with zero attached hydrogens (tertiary/aromatic N) is 2. The molecule has 2 rings (SSSR count). The van der Waals surface area contributed by atoms with Crippen LogP contribution in [0.5, 0.6) is 0 Å². The molecule has 0 unspecified atom stereocenters. The highest BCUT2D eigenvalue weighted by molar-refractivity contribution is 5.56. The van der Waals surface area contributed by atoms with Gasteiger partial charge in [0.25, 0.3) is 0 Å². The lowest BCUT2D eigenvalue weighted by Gasteiger charge is -2.21. The Morgan fingerprint density at radius 1 is 0.947 bits per heavy atom. The molecule has 100 valence electrons. The second-order valence-electron chi connectivity index (χ2n) is 4.18. The van der Waals surface area contributed by atoms with E-state index in [-0.39, 0.29) is 0 Å². The Kier molecular flexibility index (Phi) is 4.61. The van der Waals surface area contributed by atoms with Gasteiger partial charge in [-0.3, -0.25) is 10.9 Å². The maximum atomic E-state index is 4.18. The Balaban J connectivity index is 1.95. The summed E-state index contributed by atoms with van der Waals surface area (Å²) in [6, 6.07) is 14.1. The van der Waals surface area contributed by atoms with Crippen LogP contribution in [0.3, 0.4) is 0 Å². The summed E-state index contributed by atoms with van der Waals surface area (Å²) in [4.78, 5) is 6.50. The third kappa shape index (κ3) is 3.61. The molecule has 0 aliphatic carbocycles. The Morgan fingerprint density at radius 3 is 2.26 bits per heavy atom. The molecular weight excluding hydrogens is 236 g/mol. The van der Waals surface area contributed by atoms with Gasteiger partial charge in [-0.15, -0.1) is 0 Å². The average molecular weight is 256 g/mol. The van der Waals surface area contributed by atoms with Gasteiger partial charge in [-0.25, -0.2) is 4.98 Å². The molecule has 4 heteroatoms. The predicted molar refractivity (Wildman–Crippen MR) is 81.5 cm³/mol. The highest BCUT2D eigenvalue weighted by Crippen LogP contribution is 2.17. The van der Waals surface area contributed by atoms with Gasteiger partial charge in [0.2, 0.25) is 0 Å². The molecule has 0 spiro atoms. The Labute approximate surface area is 114 Å². The van der Waals surface area contributed by atoms with Crippen molar-refractivity contribution in [2.75, 3.05) is 28.8 Å². The minimum atomic E-state index is 0.801. The zero-order valence-corrected chi connectivity index (χ0v) is 11.4. The van der Waals surface area contributed by atoms with Crippen molar-refractivity contribution < 1.29 is 0 Å². The second-order valence-corrected chi connectivity index (χ2v) is 4.18. The van der Waals surface area contributed by atoms with E-state index in [1.807, 2.05) is 18.2 Å². The van der Waals surface area contributed by atoms with E-state index < -0.39 is 0 Å². The van der Waals surface area contributed by atoms with Crippen LogP contribution in [0, 0.1) is 0 Å². The first-order valence-electron chi connectivity index (χ1n) is 6.61. The molecule has 4 nitrogen and oxygen atoms in total. The highest BCUT2D eigenvalue weighted by Gasteiger charge is 2.01. The normalized spacial score (nSPS) is 10.0. The second kappa shape index (κ2) is 6.64. The van der Waals surface area contributed by atoms with Crippen LogP contribution in [-0.2, 0) is 0 Å². The average Bonchev–Trinajstić information content (AvgIpc) is 2.49. The Hall–Kier alpha value is -2.23. The Bertz CT molecular complexity index is 477. The van der Waals surface area contributed by atoms with Gasteiger partial charge in [-0.05, 0) is 50.2 Å². The van der Waals surface area contributed by atoms with Crippen LogP contribution in [0.25, 0.3) is 0 Å². The summed E-state index contributed by atoms with van der Waals surface area (Å²) in [5, 5.41) is 0. The van der Waals surface area contributed by atoms with Crippen molar-refractivity contribution in [3.8, 4) is 0 Å². The summed E-state index contributed by atoms with van der Waals surface area (Å²) in [6.07, 6.45) is 1.76. The summed E-state index contributed by atoms with van der Waals surface area (Å²) in [5.74, 6) is 0.801. The van der Waals surface area contributed by atoms with E-state index >= 15 is 0 Å². The molecule has 19 heavy (non-hydrogen) atoms. The fraction of sp³-hybridized carbons (Fsp3) is 0.267. The van der Waals surface area contributed by atoms with Crippen molar-refractivity contribution in [1.29, 1.82) is 0 Å². The fourth-order valence-electron chi connectivity index (χ4n) is 1.92. The molecule has 0 fully saturated rings. The van der Waals surface area contributed by atoms with Gasteiger partial charge in [0.15, 0.2) is 0 Å². The van der Waals surface area contributed by atoms with Gasteiger partial charge in [0.1, 0.15) is 5.82 Å². The molecule has 0 bridgehead atoms. The largest absolute Gasteiger partial charge is 0.372 e. The van der Waals surface area contributed by atoms with Gasteiger partial charge in [-0.1, -0.05) is 6.07 Å². The lowest BCUT2D eigenvalue weighted by molar-refractivity contribution is 0.866. The van der Waals surface area contributed by atoms with Crippen LogP contribution in [0.15, 0.2) is 48.7 Å². The van der Waals surface area contributed by atoms with Crippen LogP contribution < -0.4 is 15.8 Å². The molecule has 0 saturated heterocycles. The van der Waals surface area contributed by atoms with Crippen molar-refractivity contribution in [3.63, 3.8) is 0 Å². The number of rotatable bonds is 6. The van der Waals surface area contributed by atoms with Crippen LogP contribution in [-0.4, -0.2) is 18.1 Å². The monoisotopic (exact) mass is 256 g/mol. The van der Waals surface area contributed by atoms with Crippen molar-refractivity contribution in [2.45, 2.75) is 13.8 Å². The summed E-state index contributed by atoms with van der Waals surface area (Å²) < 4.78 is 0. The van der Waals surface area contributed by atoms with E-state index in [2.05, 4.69) is 58.8 Å². The standard InChI is InChI=1S/C15H20N4/c1-3-19(4-2)14-10-8-13(9-11-14)17-18-15-7-5-6-12-16-15/h5-12,17H,3-4H2,1-2H3,(H,16,18). The van der Waals surface area contributed by atoms with Crippen molar-refractivity contribution in [1.82, 2.24) is 4.98 Å². The maximum Gasteiger partial charge on any atom is 0.144 e. The summed E-state index contributed by atoms with van der Waals surface area (Å²) in [6.45, 7) is 6.38. The van der Waals surface area contributed by atoms with E-state index in [0.717, 1.165) is 24.6 Å². The number of anilines is 3. The predicted octanol–water partition coefficient (Wildman–Crippen LogP) is 3.37. The summed E-state index contributed by atoms with van der Waals surface area (Å²) in [5.41, 5.74) is 8.45. The van der Waals surface area contributed by atoms with Crippen molar-refractivity contribution >= 4 is 17.2 Å². The van der Waals surface area contributed by atoms with E-state index in [9.17, 15) is 0 Å². The van der Waals surface area contributed by atoms with Crippen molar-refractivity contribution in [3.05, 3.63) is 48.7 Å². The van der Waals surface area contributed by atoms with Crippen molar-refractivity contribution in [2.24, 2.45) is 0 Å². The van der Waals surface area contributed by atoms with Crippen LogP contribution >= 0.6 is 0 Å². The molecule has 0 saturated carbocycles. The molecular formula is C15H20N4. The minimum absolute atomic E-state index is 0.801. The van der Waals surface area contributed by atoms with Crippen LogP contribution in [0.1, 0.15) is 13.8 Å². The topological polar surface area (TPSA) is 40.2 Å². The minimum Gasteiger partial charge on any atom is -0.372 e. The van der Waals surface area contributed by atoms with Gasteiger partial charge in [-0.2, -0.15) is 0 Å². The first-order chi connectivity index (χ1) is 9.33. The molecule has 0 aliphatic heterocycles. The number of hydrogen-bond acceptors (Lipinski definition) is 4. The first-order valence-corrected chi connectivity index (χ1v) is 6.61. The number of hydrazine groups is 1. The summed E-state index contributed by atoms with van der Waals surface area (Å²) >= 11 is 0. The number of nitrogens with one attached hydrogen (secondary N) is 2. The lowest BCUT2D eigenvalue weighted by Crippen LogP contribution is -2.21. The van der Waals surface area contributed by atoms with E-state index in [1.54, 1.807) is 6.20 Å². The molecule has 2 aromatic rings. The van der Waals surface area contributed by atoms with E-state index in [4.69, 9.17) is 0 Å². The number of pyridine rings is 1. The third-order valence-electron chi connectivity index (χ3n) is 3.00. The van der Waals surface area contributed by atoms with E-state index in [1.165, 1.54) is 5.69 Å². The quantitative estimate of drug-likeness (QED) is 0.777. The number of benzene rings is 1. The Morgan fingerprint density at radius 2 is 1.68 bits per heavy atom. The van der Waals surface area contributed by atoms with Crippen LogP contribution in [0.4, 0.5) is 17.2 Å². The highest BCUT2D eigenvalue weighted by atomic mass is 15.4. The molecule has 0 radical (unpaired) electrons. The molecule has 0 amide bonds. The fourth-order valence-corrected chi connectivity index (χ4v) is 1.92.